The van der Waals surface area contributed by atoms with Crippen LogP contribution in [-0.2, 0) is 6.54 Å². The number of aliphatic hydroxyl groups excluding tert-OH is 1. The van der Waals surface area contributed by atoms with E-state index >= 15 is 0 Å². The predicted molar refractivity (Wildman–Crippen MR) is 70.1 cm³/mol. The fourth-order valence-electron chi connectivity index (χ4n) is 1.92. The number of rotatable bonds is 5. The van der Waals surface area contributed by atoms with Crippen LogP contribution in [0.2, 0.25) is 0 Å². The number of fused-ring (bicyclic) bond motifs is 1. The first-order chi connectivity index (χ1) is 8.83. The number of nitrogens with one attached hydrogen (secondary N) is 1. The van der Waals surface area contributed by atoms with Gasteiger partial charge in [0.1, 0.15) is 0 Å². The maximum absolute atomic E-state index is 9.13. The second-order valence-corrected chi connectivity index (χ2v) is 4.50. The minimum atomic E-state index is 0.154. The van der Waals surface area contributed by atoms with E-state index in [4.69, 9.17) is 14.6 Å². The van der Waals surface area contributed by atoms with Gasteiger partial charge in [-0.1, -0.05) is 13.0 Å². The number of ether oxygens (including phenoxy) is 2. The lowest BCUT2D eigenvalue weighted by atomic mass is 10.1. The third-order valence-electron chi connectivity index (χ3n) is 3.12. The highest BCUT2D eigenvalue weighted by Crippen LogP contribution is 2.30. The van der Waals surface area contributed by atoms with Crippen molar-refractivity contribution in [3.05, 3.63) is 23.8 Å². The quantitative estimate of drug-likeness (QED) is 0.836. The molecule has 0 bridgehead atoms. The largest absolute Gasteiger partial charge is 0.490 e. The van der Waals surface area contributed by atoms with Gasteiger partial charge in [-0.3, -0.25) is 0 Å². The van der Waals surface area contributed by atoms with Crippen molar-refractivity contribution in [2.24, 2.45) is 0 Å². The normalized spacial score (nSPS) is 16.1. The lowest BCUT2D eigenvalue weighted by molar-refractivity contribution is 0.238. The predicted octanol–water partition coefficient (Wildman–Crippen LogP) is 1.71. The third kappa shape index (κ3) is 3.37. The van der Waals surface area contributed by atoms with Gasteiger partial charge in [-0.05, 0) is 24.1 Å². The molecule has 0 saturated carbocycles. The highest BCUT2D eigenvalue weighted by Gasteiger charge is 2.11. The van der Waals surface area contributed by atoms with Gasteiger partial charge in [0.25, 0.3) is 0 Å². The van der Waals surface area contributed by atoms with Gasteiger partial charge in [0.2, 0.25) is 0 Å². The van der Waals surface area contributed by atoms with Crippen LogP contribution in [0.25, 0.3) is 0 Å². The average Bonchev–Trinajstić information content (AvgIpc) is 2.64. The Bertz CT molecular complexity index is 377. The van der Waals surface area contributed by atoms with E-state index in [1.54, 1.807) is 0 Å². The molecule has 0 fully saturated rings. The Labute approximate surface area is 108 Å². The van der Waals surface area contributed by atoms with Crippen LogP contribution >= 0.6 is 0 Å². The van der Waals surface area contributed by atoms with E-state index in [0.717, 1.165) is 36.4 Å². The van der Waals surface area contributed by atoms with Gasteiger partial charge < -0.3 is 19.9 Å². The smallest absolute Gasteiger partial charge is 0.161 e. The van der Waals surface area contributed by atoms with E-state index in [-0.39, 0.29) is 12.6 Å². The molecule has 0 spiro atoms. The molecule has 0 aliphatic carbocycles. The minimum Gasteiger partial charge on any atom is -0.490 e. The number of benzene rings is 1. The van der Waals surface area contributed by atoms with Gasteiger partial charge in [-0.25, -0.2) is 0 Å². The number of hydrogen-bond acceptors (Lipinski definition) is 4. The van der Waals surface area contributed by atoms with E-state index in [1.165, 1.54) is 0 Å². The Hall–Kier alpha value is -1.26. The average molecular weight is 251 g/mol. The second kappa shape index (κ2) is 6.61. The van der Waals surface area contributed by atoms with Crippen molar-refractivity contribution < 1.29 is 14.6 Å². The Morgan fingerprint density at radius 2 is 2.06 bits per heavy atom. The molecule has 0 radical (unpaired) electrons. The molecule has 0 unspecified atom stereocenters. The fraction of sp³-hybridized carbons (Fsp3) is 0.571. The Balaban J connectivity index is 1.99. The van der Waals surface area contributed by atoms with Gasteiger partial charge in [-0.15, -0.1) is 0 Å². The Morgan fingerprint density at radius 3 is 2.78 bits per heavy atom. The molecule has 2 rings (SSSR count). The molecule has 0 aromatic heterocycles. The summed E-state index contributed by atoms with van der Waals surface area (Å²) < 4.78 is 11.2. The molecule has 1 aliphatic heterocycles. The molecular weight excluding hydrogens is 230 g/mol. The molecule has 1 heterocycles. The summed E-state index contributed by atoms with van der Waals surface area (Å²) in [5.41, 5.74) is 1.14. The van der Waals surface area contributed by atoms with Crippen molar-refractivity contribution in [3.63, 3.8) is 0 Å². The Kier molecular flexibility index (Phi) is 4.84. The summed E-state index contributed by atoms with van der Waals surface area (Å²) in [4.78, 5) is 0. The van der Waals surface area contributed by atoms with Gasteiger partial charge in [0.15, 0.2) is 11.5 Å². The van der Waals surface area contributed by atoms with Crippen LogP contribution in [0.15, 0.2) is 18.2 Å². The topological polar surface area (TPSA) is 50.7 Å². The van der Waals surface area contributed by atoms with Crippen LogP contribution in [0.5, 0.6) is 11.5 Å². The van der Waals surface area contributed by atoms with Crippen LogP contribution < -0.4 is 14.8 Å². The van der Waals surface area contributed by atoms with E-state index in [9.17, 15) is 0 Å². The summed E-state index contributed by atoms with van der Waals surface area (Å²) in [6, 6.07) is 6.15. The van der Waals surface area contributed by atoms with Crippen molar-refractivity contribution >= 4 is 0 Å². The third-order valence-corrected chi connectivity index (χ3v) is 3.12. The summed E-state index contributed by atoms with van der Waals surface area (Å²) in [6.45, 7) is 4.38. The van der Waals surface area contributed by atoms with Crippen molar-refractivity contribution in [1.29, 1.82) is 0 Å². The molecule has 4 heteroatoms. The highest BCUT2D eigenvalue weighted by molar-refractivity contribution is 5.43. The van der Waals surface area contributed by atoms with Crippen LogP contribution in [-0.4, -0.2) is 31.0 Å². The van der Waals surface area contributed by atoms with Crippen LogP contribution in [0, 0.1) is 0 Å². The number of hydrogen-bond donors (Lipinski definition) is 2. The molecule has 1 atom stereocenters. The van der Waals surface area contributed by atoms with Crippen LogP contribution in [0.3, 0.4) is 0 Å². The molecule has 18 heavy (non-hydrogen) atoms. The first-order valence-corrected chi connectivity index (χ1v) is 6.56. The molecule has 1 aromatic carbocycles. The van der Waals surface area contributed by atoms with E-state index in [2.05, 4.69) is 12.2 Å². The zero-order chi connectivity index (χ0) is 12.8. The van der Waals surface area contributed by atoms with Crippen molar-refractivity contribution in [2.45, 2.75) is 32.4 Å². The van der Waals surface area contributed by atoms with Crippen LogP contribution in [0.1, 0.15) is 25.3 Å². The monoisotopic (exact) mass is 251 g/mol. The number of aliphatic hydroxyl groups is 1. The zero-order valence-electron chi connectivity index (χ0n) is 10.8. The lowest BCUT2D eigenvalue weighted by Gasteiger charge is -2.15. The summed E-state index contributed by atoms with van der Waals surface area (Å²) in [5.74, 6) is 1.65. The van der Waals surface area contributed by atoms with E-state index in [1.807, 2.05) is 18.2 Å². The molecule has 2 N–H and O–H groups in total. The molecule has 100 valence electrons. The van der Waals surface area contributed by atoms with Crippen molar-refractivity contribution in [3.8, 4) is 11.5 Å². The molecule has 0 amide bonds. The summed E-state index contributed by atoms with van der Waals surface area (Å²) in [7, 11) is 0. The molecular formula is C14H21NO3. The summed E-state index contributed by atoms with van der Waals surface area (Å²) >= 11 is 0. The summed E-state index contributed by atoms with van der Waals surface area (Å²) in [6.07, 6.45) is 1.84. The first kappa shape index (κ1) is 13.2. The Morgan fingerprint density at radius 1 is 1.28 bits per heavy atom. The fourth-order valence-corrected chi connectivity index (χ4v) is 1.92. The SMILES string of the molecule is CC[C@H](CO)NCc1ccc2c(c1)OCCCO2. The molecule has 1 aliphatic rings. The van der Waals surface area contributed by atoms with Crippen molar-refractivity contribution in [2.75, 3.05) is 19.8 Å². The minimum absolute atomic E-state index is 0.154. The zero-order valence-corrected chi connectivity index (χ0v) is 10.8. The van der Waals surface area contributed by atoms with Crippen LogP contribution in [0.4, 0.5) is 0 Å². The maximum Gasteiger partial charge on any atom is 0.161 e. The molecule has 0 saturated heterocycles. The standard InChI is InChI=1S/C14H21NO3/c1-2-12(10-16)15-9-11-4-5-13-14(8-11)18-7-3-6-17-13/h4-5,8,12,15-16H,2-3,6-7,9-10H2,1H3/t12-/m1/s1. The van der Waals surface area contributed by atoms with Gasteiger partial charge in [0.05, 0.1) is 19.8 Å². The van der Waals surface area contributed by atoms with Gasteiger partial charge in [0, 0.05) is 19.0 Å². The van der Waals surface area contributed by atoms with Gasteiger partial charge >= 0.3 is 0 Å². The summed E-state index contributed by atoms with van der Waals surface area (Å²) in [5, 5.41) is 12.4. The maximum atomic E-state index is 9.13. The molecule has 4 nitrogen and oxygen atoms in total. The first-order valence-electron chi connectivity index (χ1n) is 6.56. The molecule has 1 aromatic rings. The highest BCUT2D eigenvalue weighted by atomic mass is 16.5. The van der Waals surface area contributed by atoms with Crippen molar-refractivity contribution in [1.82, 2.24) is 5.32 Å². The van der Waals surface area contributed by atoms with E-state index in [0.29, 0.717) is 13.2 Å². The second-order valence-electron chi connectivity index (χ2n) is 4.50. The van der Waals surface area contributed by atoms with Gasteiger partial charge in [-0.2, -0.15) is 0 Å². The van der Waals surface area contributed by atoms with E-state index < -0.39 is 0 Å². The lowest BCUT2D eigenvalue weighted by Crippen LogP contribution is -2.31.